The van der Waals surface area contributed by atoms with Gasteiger partial charge in [0.25, 0.3) is 0 Å². The van der Waals surface area contributed by atoms with Crippen LogP contribution in [-0.4, -0.2) is 9.78 Å². The van der Waals surface area contributed by atoms with E-state index in [1.54, 1.807) is 22.8 Å². The van der Waals surface area contributed by atoms with Crippen LogP contribution in [0.25, 0.3) is 10.9 Å². The van der Waals surface area contributed by atoms with Gasteiger partial charge in [-0.3, -0.25) is 4.68 Å². The molecule has 3 heteroatoms. The summed E-state index contributed by atoms with van der Waals surface area (Å²) in [6.07, 6.45) is 15.7. The Morgan fingerprint density at radius 2 is 1.65 bits per heavy atom. The van der Waals surface area contributed by atoms with Gasteiger partial charge in [0.2, 0.25) is 0 Å². The highest BCUT2D eigenvalue weighted by atomic mass is 19.1. The Bertz CT molecular complexity index is 1050. The summed E-state index contributed by atoms with van der Waals surface area (Å²) in [5, 5.41) is 5.34. The Morgan fingerprint density at radius 1 is 0.941 bits per heavy atom. The van der Waals surface area contributed by atoms with Crippen LogP contribution in [0.3, 0.4) is 0 Å². The van der Waals surface area contributed by atoms with E-state index in [-0.39, 0.29) is 5.82 Å². The molecular formula is C31H45FN2. The number of aryl methyl sites for hydroxylation is 1. The summed E-state index contributed by atoms with van der Waals surface area (Å²) in [6.45, 7) is 11.7. The van der Waals surface area contributed by atoms with Gasteiger partial charge in [-0.1, -0.05) is 39.3 Å². The molecule has 1 aromatic carbocycles. The summed E-state index contributed by atoms with van der Waals surface area (Å²) in [4.78, 5) is 0. The largest absolute Gasteiger partial charge is 0.268 e. The molecule has 0 radical (unpaired) electrons. The van der Waals surface area contributed by atoms with Crippen molar-refractivity contribution in [2.75, 3.05) is 0 Å². The van der Waals surface area contributed by atoms with E-state index < -0.39 is 0 Å². The minimum Gasteiger partial charge on any atom is -0.268 e. The standard InChI is InChI=1S/C17H23FN2.C14H22/c1-11(2)12-4-6-13(7-5-12)16-15(18)9-8-14-10-19-20(3)17(14)16;1-10(2)13-8-7-12-6-4-5-11(3)14(12)9-13/h8-13H,4-7H2,1-3H3;6,10,13H,4-5,7-9H2,1-3H3. The molecular weight excluding hydrogens is 419 g/mol. The minimum absolute atomic E-state index is 0.0610. The fourth-order valence-corrected chi connectivity index (χ4v) is 6.58. The van der Waals surface area contributed by atoms with Crippen LogP contribution in [-0.2, 0) is 7.05 Å². The maximum atomic E-state index is 14.4. The lowest BCUT2D eigenvalue weighted by atomic mass is 9.73. The van der Waals surface area contributed by atoms with E-state index in [4.69, 9.17) is 0 Å². The Labute approximate surface area is 206 Å². The minimum atomic E-state index is -0.0610. The molecule has 0 amide bonds. The summed E-state index contributed by atoms with van der Waals surface area (Å²) in [5.74, 6) is 3.64. The average Bonchev–Trinajstić information content (AvgIpc) is 3.20. The third-order valence-corrected chi connectivity index (χ3v) is 9.02. The Hall–Kier alpha value is -1.90. The molecule has 0 bridgehead atoms. The lowest BCUT2D eigenvalue weighted by molar-refractivity contribution is 0.257. The fraction of sp³-hybridized carbons (Fsp3) is 0.645. The zero-order valence-electron chi connectivity index (χ0n) is 22.3. The summed E-state index contributed by atoms with van der Waals surface area (Å²) in [7, 11) is 1.91. The monoisotopic (exact) mass is 464 g/mol. The van der Waals surface area contributed by atoms with E-state index in [2.05, 4.69) is 45.8 Å². The van der Waals surface area contributed by atoms with E-state index >= 15 is 0 Å². The van der Waals surface area contributed by atoms with Gasteiger partial charge in [0.05, 0.1) is 11.7 Å². The van der Waals surface area contributed by atoms with Crippen LogP contribution in [0.2, 0.25) is 0 Å². The van der Waals surface area contributed by atoms with Gasteiger partial charge in [0.15, 0.2) is 0 Å². The molecule has 3 aliphatic rings. The highest BCUT2D eigenvalue weighted by Crippen LogP contribution is 2.42. The molecule has 1 unspecified atom stereocenters. The Kier molecular flexibility index (Phi) is 8.00. The summed E-state index contributed by atoms with van der Waals surface area (Å²) in [6, 6.07) is 3.44. The second kappa shape index (κ2) is 10.8. The number of hydrogen-bond donors (Lipinski definition) is 0. The summed E-state index contributed by atoms with van der Waals surface area (Å²) >= 11 is 0. The highest BCUT2D eigenvalue weighted by Gasteiger charge is 2.28. The number of hydrogen-bond acceptors (Lipinski definition) is 1. The van der Waals surface area contributed by atoms with Crippen LogP contribution in [0.5, 0.6) is 0 Å². The molecule has 1 heterocycles. The van der Waals surface area contributed by atoms with Crippen molar-refractivity contribution in [3.05, 3.63) is 52.5 Å². The average molecular weight is 465 g/mol. The first-order valence-corrected chi connectivity index (χ1v) is 13.7. The zero-order valence-corrected chi connectivity index (χ0v) is 22.3. The number of fused-ring (bicyclic) bond motifs is 2. The van der Waals surface area contributed by atoms with Gasteiger partial charge in [-0.05, 0) is 118 Å². The number of halogens is 1. The molecule has 0 spiro atoms. The number of nitrogens with zero attached hydrogens (tertiary/aromatic N) is 2. The van der Waals surface area contributed by atoms with Crippen molar-refractivity contribution in [2.24, 2.45) is 30.7 Å². The lowest BCUT2D eigenvalue weighted by Gasteiger charge is -2.32. The number of rotatable bonds is 3. The fourth-order valence-electron chi connectivity index (χ4n) is 6.58. The van der Waals surface area contributed by atoms with Crippen LogP contribution >= 0.6 is 0 Å². The van der Waals surface area contributed by atoms with Crippen LogP contribution in [0.15, 0.2) is 41.1 Å². The van der Waals surface area contributed by atoms with Crippen molar-refractivity contribution >= 4 is 10.9 Å². The van der Waals surface area contributed by atoms with Crippen molar-refractivity contribution in [1.82, 2.24) is 9.78 Å². The molecule has 1 aromatic heterocycles. The molecule has 1 atom stereocenters. The SMILES string of the molecule is CC(C)C1CCC(c2c(F)ccc3cnn(C)c23)CC1.CC1=C2CC(C(C)C)CCC2=CCC1. The van der Waals surface area contributed by atoms with Gasteiger partial charge in [0, 0.05) is 18.0 Å². The third kappa shape index (κ3) is 5.34. The van der Waals surface area contributed by atoms with Gasteiger partial charge >= 0.3 is 0 Å². The lowest BCUT2D eigenvalue weighted by Crippen LogP contribution is -2.18. The molecule has 2 nitrogen and oxygen atoms in total. The molecule has 0 aliphatic heterocycles. The van der Waals surface area contributed by atoms with Gasteiger partial charge in [-0.2, -0.15) is 5.10 Å². The predicted octanol–water partition coefficient (Wildman–Crippen LogP) is 9.12. The van der Waals surface area contributed by atoms with E-state index in [0.29, 0.717) is 5.92 Å². The quantitative estimate of drug-likeness (QED) is 0.443. The molecule has 2 fully saturated rings. The third-order valence-electron chi connectivity index (χ3n) is 9.02. The van der Waals surface area contributed by atoms with Crippen molar-refractivity contribution < 1.29 is 4.39 Å². The molecule has 2 aromatic rings. The van der Waals surface area contributed by atoms with Gasteiger partial charge in [-0.15, -0.1) is 0 Å². The first-order valence-electron chi connectivity index (χ1n) is 13.7. The maximum absolute atomic E-state index is 14.4. The second-order valence-corrected chi connectivity index (χ2v) is 11.8. The number of allylic oxidation sites excluding steroid dienone is 4. The molecule has 34 heavy (non-hydrogen) atoms. The van der Waals surface area contributed by atoms with Gasteiger partial charge in [0.1, 0.15) is 5.82 Å². The second-order valence-electron chi connectivity index (χ2n) is 11.8. The molecule has 0 saturated heterocycles. The van der Waals surface area contributed by atoms with Crippen molar-refractivity contribution in [1.29, 1.82) is 0 Å². The van der Waals surface area contributed by atoms with Crippen LogP contribution in [0.4, 0.5) is 4.39 Å². The molecule has 186 valence electrons. The normalized spacial score (nSPS) is 25.3. The van der Waals surface area contributed by atoms with Crippen LogP contribution in [0.1, 0.15) is 104 Å². The van der Waals surface area contributed by atoms with Crippen molar-refractivity contribution in [3.8, 4) is 0 Å². The topological polar surface area (TPSA) is 17.8 Å². The zero-order chi connectivity index (χ0) is 24.4. The van der Waals surface area contributed by atoms with Crippen LogP contribution < -0.4 is 0 Å². The Balaban J connectivity index is 0.000000172. The van der Waals surface area contributed by atoms with Crippen molar-refractivity contribution in [3.63, 3.8) is 0 Å². The maximum Gasteiger partial charge on any atom is 0.128 e. The highest BCUT2D eigenvalue weighted by molar-refractivity contribution is 5.82. The van der Waals surface area contributed by atoms with Gasteiger partial charge < -0.3 is 0 Å². The van der Waals surface area contributed by atoms with Gasteiger partial charge in [-0.25, -0.2) is 4.39 Å². The summed E-state index contributed by atoms with van der Waals surface area (Å²) in [5.41, 5.74) is 6.96. The van der Waals surface area contributed by atoms with E-state index in [9.17, 15) is 4.39 Å². The van der Waals surface area contributed by atoms with E-state index in [1.807, 2.05) is 24.0 Å². The van der Waals surface area contributed by atoms with E-state index in [1.165, 1.54) is 44.9 Å². The Morgan fingerprint density at radius 3 is 2.32 bits per heavy atom. The predicted molar refractivity (Wildman–Crippen MR) is 142 cm³/mol. The van der Waals surface area contributed by atoms with Crippen molar-refractivity contribution in [2.45, 2.75) is 98.3 Å². The molecule has 3 aliphatic carbocycles. The molecule has 0 N–H and O–H groups in total. The molecule has 5 rings (SSSR count). The van der Waals surface area contributed by atoms with E-state index in [0.717, 1.165) is 53.0 Å². The summed E-state index contributed by atoms with van der Waals surface area (Å²) < 4.78 is 16.2. The first-order chi connectivity index (χ1) is 16.3. The number of benzene rings is 1. The first kappa shape index (κ1) is 25.2. The molecule has 2 saturated carbocycles. The van der Waals surface area contributed by atoms with Crippen LogP contribution in [0, 0.1) is 29.5 Å². The number of aromatic nitrogens is 2. The smallest absolute Gasteiger partial charge is 0.128 e.